The maximum absolute atomic E-state index is 12.7. The van der Waals surface area contributed by atoms with Gasteiger partial charge < -0.3 is 19.5 Å². The van der Waals surface area contributed by atoms with Crippen molar-refractivity contribution in [3.63, 3.8) is 0 Å². The van der Waals surface area contributed by atoms with E-state index in [-0.39, 0.29) is 5.57 Å². The molecule has 170 valence electrons. The minimum Gasteiger partial charge on any atom is -0.495 e. The molecule has 0 aromatic heterocycles. The highest BCUT2D eigenvalue weighted by Crippen LogP contribution is 2.32. The molecule has 0 saturated heterocycles. The molecule has 0 saturated carbocycles. The topological polar surface area (TPSA) is 80.6 Å². The number of unbranched alkanes of at least 4 members (excludes halogenated alkanes) is 3. The second-order valence-electron chi connectivity index (χ2n) is 7.25. The zero-order chi connectivity index (χ0) is 23.5. The number of benzene rings is 2. The maximum Gasteiger partial charge on any atom is 0.266 e. The van der Waals surface area contributed by atoms with Crippen LogP contribution in [0.4, 0.5) is 5.69 Å². The molecule has 0 heterocycles. The summed E-state index contributed by atoms with van der Waals surface area (Å²) in [6, 6.07) is 10.6. The summed E-state index contributed by atoms with van der Waals surface area (Å²) >= 11 is 6.12. The van der Waals surface area contributed by atoms with Crippen LogP contribution in [0.1, 0.15) is 43.7 Å². The number of halogens is 1. The lowest BCUT2D eigenvalue weighted by Gasteiger charge is -2.12. The SMILES string of the molecule is CCCCCCOc1ccc(/C=C(\C#N)C(=O)Nc2cc(C)c(Cl)cc2OC)cc1OC. The Bertz CT molecular complexity index is 1010. The van der Waals surface area contributed by atoms with Gasteiger partial charge in [0, 0.05) is 11.1 Å². The van der Waals surface area contributed by atoms with Gasteiger partial charge in [-0.05, 0) is 48.7 Å². The van der Waals surface area contributed by atoms with E-state index in [4.69, 9.17) is 25.8 Å². The van der Waals surface area contributed by atoms with Gasteiger partial charge in [0.2, 0.25) is 0 Å². The van der Waals surface area contributed by atoms with E-state index in [1.165, 1.54) is 26.0 Å². The van der Waals surface area contributed by atoms with Crippen LogP contribution in [0.5, 0.6) is 17.2 Å². The Morgan fingerprint density at radius 3 is 2.50 bits per heavy atom. The second kappa shape index (κ2) is 12.6. The molecule has 0 spiro atoms. The van der Waals surface area contributed by atoms with E-state index in [0.29, 0.717) is 40.1 Å². The third-order valence-electron chi connectivity index (χ3n) is 4.85. The number of ether oxygens (including phenoxy) is 3. The Kier molecular flexibility index (Phi) is 9.90. The van der Waals surface area contributed by atoms with Crippen molar-refractivity contribution in [2.24, 2.45) is 0 Å². The van der Waals surface area contributed by atoms with Gasteiger partial charge in [-0.15, -0.1) is 0 Å². The molecule has 1 amide bonds. The van der Waals surface area contributed by atoms with E-state index >= 15 is 0 Å². The van der Waals surface area contributed by atoms with Crippen LogP contribution in [0.2, 0.25) is 5.02 Å². The number of nitriles is 1. The quantitative estimate of drug-likeness (QED) is 0.248. The Labute approximate surface area is 194 Å². The first-order valence-corrected chi connectivity index (χ1v) is 10.9. The fourth-order valence-corrected chi connectivity index (χ4v) is 3.19. The molecule has 7 heteroatoms. The van der Waals surface area contributed by atoms with E-state index in [1.807, 2.05) is 13.0 Å². The molecular weight excluding hydrogens is 428 g/mol. The van der Waals surface area contributed by atoms with Crippen LogP contribution in [0.15, 0.2) is 35.9 Å². The number of rotatable bonds is 11. The lowest BCUT2D eigenvalue weighted by Crippen LogP contribution is -2.14. The van der Waals surface area contributed by atoms with Crippen molar-refractivity contribution in [1.82, 2.24) is 0 Å². The molecule has 0 fully saturated rings. The molecule has 1 N–H and O–H groups in total. The number of carbonyl (C=O) groups excluding carboxylic acids is 1. The summed E-state index contributed by atoms with van der Waals surface area (Å²) in [4.78, 5) is 12.7. The lowest BCUT2D eigenvalue weighted by molar-refractivity contribution is -0.112. The third kappa shape index (κ3) is 6.93. The molecule has 0 unspecified atom stereocenters. The molecule has 32 heavy (non-hydrogen) atoms. The van der Waals surface area contributed by atoms with E-state index in [1.54, 1.807) is 37.4 Å². The summed E-state index contributed by atoms with van der Waals surface area (Å²) in [5, 5.41) is 12.8. The minimum absolute atomic E-state index is 0.0602. The van der Waals surface area contributed by atoms with Gasteiger partial charge in [-0.1, -0.05) is 43.9 Å². The molecule has 0 aliphatic rings. The highest BCUT2D eigenvalue weighted by atomic mass is 35.5. The number of hydrogen-bond acceptors (Lipinski definition) is 5. The van der Waals surface area contributed by atoms with Gasteiger partial charge in [-0.2, -0.15) is 5.26 Å². The number of amides is 1. The lowest BCUT2D eigenvalue weighted by atomic mass is 10.1. The highest BCUT2D eigenvalue weighted by Gasteiger charge is 2.15. The average Bonchev–Trinajstić information content (AvgIpc) is 2.79. The van der Waals surface area contributed by atoms with Crippen LogP contribution >= 0.6 is 11.6 Å². The molecule has 2 aromatic carbocycles. The van der Waals surface area contributed by atoms with E-state index in [9.17, 15) is 10.1 Å². The standard InChI is InChI=1S/C25H29ClN2O4/c1-5-6-7-8-11-32-22-10-9-18(14-24(22)31-4)13-19(16-27)25(29)28-21-12-17(2)20(26)15-23(21)30-3/h9-10,12-15H,5-8,11H2,1-4H3,(H,28,29)/b19-13+. The van der Waals surface area contributed by atoms with Crippen LogP contribution in [0.25, 0.3) is 6.08 Å². The van der Waals surface area contributed by atoms with Gasteiger partial charge in [0.15, 0.2) is 11.5 Å². The van der Waals surface area contributed by atoms with Crippen molar-refractivity contribution in [3.8, 4) is 23.3 Å². The smallest absolute Gasteiger partial charge is 0.266 e. The molecule has 6 nitrogen and oxygen atoms in total. The first-order valence-electron chi connectivity index (χ1n) is 10.5. The fourth-order valence-electron chi connectivity index (χ4n) is 3.04. The average molecular weight is 457 g/mol. The summed E-state index contributed by atoms with van der Waals surface area (Å²) in [5.74, 6) is 1.03. The number of nitrogens with zero attached hydrogens (tertiary/aromatic N) is 1. The number of carbonyl (C=O) groups is 1. The Balaban J connectivity index is 2.17. The van der Waals surface area contributed by atoms with Crippen LogP contribution < -0.4 is 19.5 Å². The summed E-state index contributed by atoms with van der Waals surface area (Å²) in [6.07, 6.45) is 5.95. The fraction of sp³-hybridized carbons (Fsp3) is 0.360. The number of hydrogen-bond donors (Lipinski definition) is 1. The van der Waals surface area contributed by atoms with Crippen molar-refractivity contribution in [2.45, 2.75) is 39.5 Å². The summed E-state index contributed by atoms with van der Waals surface area (Å²) < 4.78 is 16.5. The predicted octanol–water partition coefficient (Wildman–Crippen LogP) is 6.17. The predicted molar refractivity (Wildman–Crippen MR) is 128 cm³/mol. The van der Waals surface area contributed by atoms with Crippen LogP contribution in [-0.4, -0.2) is 26.7 Å². The second-order valence-corrected chi connectivity index (χ2v) is 7.65. The van der Waals surface area contributed by atoms with Crippen LogP contribution in [0.3, 0.4) is 0 Å². The van der Waals surface area contributed by atoms with Crippen LogP contribution in [0, 0.1) is 18.3 Å². The van der Waals surface area contributed by atoms with Crippen LogP contribution in [-0.2, 0) is 4.79 Å². The van der Waals surface area contributed by atoms with Gasteiger partial charge in [-0.25, -0.2) is 0 Å². The molecule has 0 bridgehead atoms. The first-order chi connectivity index (χ1) is 15.4. The summed E-state index contributed by atoms with van der Waals surface area (Å²) in [7, 11) is 3.04. The number of nitrogens with one attached hydrogen (secondary N) is 1. The Hall–Kier alpha value is -3.17. The summed E-state index contributed by atoms with van der Waals surface area (Å²) in [6.45, 7) is 4.59. The third-order valence-corrected chi connectivity index (χ3v) is 5.26. The molecule has 0 radical (unpaired) electrons. The van der Waals surface area contributed by atoms with E-state index in [0.717, 1.165) is 18.4 Å². The van der Waals surface area contributed by atoms with Crippen molar-refractivity contribution >= 4 is 29.3 Å². The van der Waals surface area contributed by atoms with Gasteiger partial charge >= 0.3 is 0 Å². The zero-order valence-corrected chi connectivity index (χ0v) is 19.7. The van der Waals surface area contributed by atoms with Crippen molar-refractivity contribution in [3.05, 3.63) is 52.1 Å². The molecule has 0 atom stereocenters. The Morgan fingerprint density at radius 1 is 1.09 bits per heavy atom. The van der Waals surface area contributed by atoms with Gasteiger partial charge in [0.1, 0.15) is 17.4 Å². The normalized spacial score (nSPS) is 10.9. The number of methoxy groups -OCH3 is 2. The Morgan fingerprint density at radius 2 is 1.84 bits per heavy atom. The minimum atomic E-state index is -0.553. The molecule has 2 aromatic rings. The van der Waals surface area contributed by atoms with Gasteiger partial charge in [0.25, 0.3) is 5.91 Å². The monoisotopic (exact) mass is 456 g/mol. The van der Waals surface area contributed by atoms with E-state index in [2.05, 4.69) is 12.2 Å². The molecule has 0 aliphatic heterocycles. The largest absolute Gasteiger partial charge is 0.495 e. The number of anilines is 1. The molecular formula is C25H29ClN2O4. The van der Waals surface area contributed by atoms with Crippen molar-refractivity contribution < 1.29 is 19.0 Å². The summed E-state index contributed by atoms with van der Waals surface area (Å²) in [5.41, 5.74) is 1.80. The zero-order valence-electron chi connectivity index (χ0n) is 19.0. The molecule has 0 aliphatic carbocycles. The number of aryl methyl sites for hydroxylation is 1. The van der Waals surface area contributed by atoms with Gasteiger partial charge in [-0.3, -0.25) is 4.79 Å². The molecule has 2 rings (SSSR count). The van der Waals surface area contributed by atoms with Gasteiger partial charge in [0.05, 0.1) is 26.5 Å². The first kappa shape index (κ1) is 25.1. The maximum atomic E-state index is 12.7. The van der Waals surface area contributed by atoms with Crippen molar-refractivity contribution in [2.75, 3.05) is 26.1 Å². The van der Waals surface area contributed by atoms with E-state index < -0.39 is 5.91 Å². The van der Waals surface area contributed by atoms with Crippen molar-refractivity contribution in [1.29, 1.82) is 5.26 Å². The highest BCUT2D eigenvalue weighted by molar-refractivity contribution is 6.31.